The van der Waals surface area contributed by atoms with Crippen molar-refractivity contribution in [2.24, 2.45) is 0 Å². The molecule has 1 heterocycles. The fraction of sp³-hybridized carbons (Fsp3) is 0.0909. The van der Waals surface area contributed by atoms with Crippen LogP contribution in [-0.2, 0) is 0 Å². The van der Waals surface area contributed by atoms with Crippen LogP contribution in [0.15, 0.2) is 36.7 Å². The Bertz CT molecular complexity index is 556. The van der Waals surface area contributed by atoms with Gasteiger partial charge in [0.2, 0.25) is 0 Å². The van der Waals surface area contributed by atoms with Gasteiger partial charge in [0.25, 0.3) is 0 Å². The third-order valence-electron chi connectivity index (χ3n) is 2.10. The van der Waals surface area contributed by atoms with Crippen LogP contribution >= 0.6 is 0 Å². The van der Waals surface area contributed by atoms with Crippen molar-refractivity contribution in [1.29, 1.82) is 0 Å². The summed E-state index contributed by atoms with van der Waals surface area (Å²) in [6, 6.07) is 6.99. The normalized spacial score (nSPS) is 9.83. The number of aromatic nitrogens is 2. The number of hydrogen-bond donors (Lipinski definition) is 0. The van der Waals surface area contributed by atoms with E-state index in [1.54, 1.807) is 24.3 Å². The lowest BCUT2D eigenvalue weighted by Crippen LogP contribution is -1.96. The molecule has 0 aliphatic rings. The van der Waals surface area contributed by atoms with Crippen molar-refractivity contribution >= 4 is 5.69 Å². The van der Waals surface area contributed by atoms with E-state index in [-0.39, 0.29) is 11.7 Å². The maximum atomic E-state index is 10.4. The molecule has 2 rings (SSSR count). The average molecular weight is 247 g/mol. The minimum absolute atomic E-state index is 0.0186. The lowest BCUT2D eigenvalue weighted by molar-refractivity contribution is -0.385. The summed E-state index contributed by atoms with van der Waals surface area (Å²) in [5.74, 6) is 0.966. The highest BCUT2D eigenvalue weighted by Gasteiger charge is 2.09. The van der Waals surface area contributed by atoms with Crippen LogP contribution in [0.4, 0.5) is 5.69 Å². The summed E-state index contributed by atoms with van der Waals surface area (Å²) in [7, 11) is 1.51. The largest absolute Gasteiger partial charge is 0.493 e. The van der Waals surface area contributed by atoms with Crippen LogP contribution in [0.1, 0.15) is 0 Å². The molecule has 7 heteroatoms. The molecule has 0 saturated carbocycles. The second-order valence-corrected chi connectivity index (χ2v) is 3.23. The Morgan fingerprint density at radius 2 is 1.78 bits per heavy atom. The molecule has 0 aliphatic carbocycles. The van der Waals surface area contributed by atoms with Crippen LogP contribution in [0.2, 0.25) is 0 Å². The Morgan fingerprint density at radius 3 is 2.33 bits per heavy atom. The van der Waals surface area contributed by atoms with Crippen LogP contribution < -0.4 is 9.47 Å². The summed E-state index contributed by atoms with van der Waals surface area (Å²) in [4.78, 5) is 17.3. The number of nitrogens with zero attached hydrogens (tertiary/aromatic N) is 3. The molecule has 0 atom stereocenters. The second-order valence-electron chi connectivity index (χ2n) is 3.23. The van der Waals surface area contributed by atoms with Gasteiger partial charge >= 0.3 is 11.7 Å². The number of nitro groups is 1. The van der Waals surface area contributed by atoms with Crippen molar-refractivity contribution < 1.29 is 14.4 Å². The van der Waals surface area contributed by atoms with Gasteiger partial charge in [-0.05, 0) is 12.1 Å². The molecule has 0 saturated heterocycles. The molecule has 0 spiro atoms. The molecule has 0 bridgehead atoms. The average Bonchev–Trinajstić information content (AvgIpc) is 2.40. The molecule has 0 fully saturated rings. The molecule has 7 nitrogen and oxygen atoms in total. The zero-order chi connectivity index (χ0) is 13.0. The highest BCUT2D eigenvalue weighted by molar-refractivity contribution is 5.40. The van der Waals surface area contributed by atoms with Gasteiger partial charge in [-0.25, -0.2) is 0 Å². The highest BCUT2D eigenvalue weighted by atomic mass is 16.6. The molecule has 1 aromatic heterocycles. The predicted molar refractivity (Wildman–Crippen MR) is 61.8 cm³/mol. The summed E-state index contributed by atoms with van der Waals surface area (Å²) in [6.45, 7) is 0. The molecular weight excluding hydrogens is 238 g/mol. The van der Waals surface area contributed by atoms with Gasteiger partial charge in [-0.2, -0.15) is 9.97 Å². The third kappa shape index (κ3) is 2.51. The first-order chi connectivity index (χ1) is 8.70. The van der Waals surface area contributed by atoms with Crippen molar-refractivity contribution in [2.75, 3.05) is 7.11 Å². The van der Waals surface area contributed by atoms with E-state index in [0.717, 1.165) is 12.4 Å². The Morgan fingerprint density at radius 1 is 1.17 bits per heavy atom. The SMILES string of the molecule is COc1ccccc1Oc1ncc([N+](=O)[O-])cn1. The van der Waals surface area contributed by atoms with Crippen LogP contribution in [0.5, 0.6) is 17.5 Å². The topological polar surface area (TPSA) is 87.4 Å². The van der Waals surface area contributed by atoms with Gasteiger partial charge in [-0.3, -0.25) is 10.1 Å². The molecule has 2 aromatic rings. The minimum Gasteiger partial charge on any atom is -0.493 e. The van der Waals surface area contributed by atoms with Crippen LogP contribution in [-0.4, -0.2) is 22.0 Å². The van der Waals surface area contributed by atoms with E-state index in [4.69, 9.17) is 9.47 Å². The highest BCUT2D eigenvalue weighted by Crippen LogP contribution is 2.29. The molecule has 0 radical (unpaired) electrons. The van der Waals surface area contributed by atoms with Crippen LogP contribution in [0, 0.1) is 10.1 Å². The zero-order valence-corrected chi connectivity index (χ0v) is 9.44. The summed E-state index contributed by atoms with van der Waals surface area (Å²) in [5, 5.41) is 10.4. The number of benzene rings is 1. The number of para-hydroxylation sites is 2. The van der Waals surface area contributed by atoms with E-state index >= 15 is 0 Å². The van der Waals surface area contributed by atoms with Crippen LogP contribution in [0.3, 0.4) is 0 Å². The van der Waals surface area contributed by atoms with Gasteiger partial charge in [-0.1, -0.05) is 12.1 Å². The van der Waals surface area contributed by atoms with Gasteiger partial charge in [0, 0.05) is 0 Å². The quantitative estimate of drug-likeness (QED) is 0.607. The summed E-state index contributed by atoms with van der Waals surface area (Å²) >= 11 is 0. The molecule has 18 heavy (non-hydrogen) atoms. The van der Waals surface area contributed by atoms with E-state index in [1.807, 2.05) is 0 Å². The molecule has 1 aromatic carbocycles. The van der Waals surface area contributed by atoms with E-state index in [2.05, 4.69) is 9.97 Å². The van der Waals surface area contributed by atoms with Crippen LogP contribution in [0.25, 0.3) is 0 Å². The van der Waals surface area contributed by atoms with E-state index < -0.39 is 4.92 Å². The second kappa shape index (κ2) is 5.09. The standard InChI is InChI=1S/C11H9N3O4/c1-17-9-4-2-3-5-10(9)18-11-12-6-8(7-13-11)14(15)16/h2-7H,1H3. The number of hydrogen-bond acceptors (Lipinski definition) is 6. The van der Waals surface area contributed by atoms with Crippen molar-refractivity contribution in [3.8, 4) is 17.5 Å². The molecule has 0 unspecified atom stereocenters. The Kier molecular flexibility index (Phi) is 3.33. The maximum absolute atomic E-state index is 10.4. The van der Waals surface area contributed by atoms with E-state index in [0.29, 0.717) is 11.5 Å². The van der Waals surface area contributed by atoms with Crippen molar-refractivity contribution in [1.82, 2.24) is 9.97 Å². The number of methoxy groups -OCH3 is 1. The first-order valence-electron chi connectivity index (χ1n) is 4.98. The summed E-state index contributed by atoms with van der Waals surface area (Å²) in [5.41, 5.74) is -0.192. The fourth-order valence-corrected chi connectivity index (χ4v) is 1.26. The predicted octanol–water partition coefficient (Wildman–Crippen LogP) is 2.19. The smallest absolute Gasteiger partial charge is 0.322 e. The molecule has 0 amide bonds. The van der Waals surface area contributed by atoms with E-state index in [1.165, 1.54) is 7.11 Å². The first kappa shape index (κ1) is 11.8. The lowest BCUT2D eigenvalue weighted by Gasteiger charge is -2.07. The van der Waals surface area contributed by atoms with Gasteiger partial charge < -0.3 is 9.47 Å². The zero-order valence-electron chi connectivity index (χ0n) is 9.44. The van der Waals surface area contributed by atoms with Crippen molar-refractivity contribution in [2.45, 2.75) is 0 Å². The Balaban J connectivity index is 2.21. The molecule has 0 aliphatic heterocycles. The maximum Gasteiger partial charge on any atom is 0.322 e. The molecular formula is C11H9N3O4. The molecule has 0 N–H and O–H groups in total. The first-order valence-corrected chi connectivity index (χ1v) is 4.98. The number of ether oxygens (including phenoxy) is 2. The van der Waals surface area contributed by atoms with Gasteiger partial charge in [0.15, 0.2) is 11.5 Å². The summed E-state index contributed by atoms with van der Waals surface area (Å²) < 4.78 is 10.5. The van der Waals surface area contributed by atoms with Gasteiger partial charge in [0.1, 0.15) is 12.4 Å². The number of rotatable bonds is 4. The van der Waals surface area contributed by atoms with Gasteiger partial charge in [0.05, 0.1) is 12.0 Å². The fourth-order valence-electron chi connectivity index (χ4n) is 1.26. The van der Waals surface area contributed by atoms with Crippen molar-refractivity contribution in [3.05, 3.63) is 46.8 Å². The minimum atomic E-state index is -0.577. The van der Waals surface area contributed by atoms with Crippen molar-refractivity contribution in [3.63, 3.8) is 0 Å². The van der Waals surface area contributed by atoms with Gasteiger partial charge in [-0.15, -0.1) is 0 Å². The molecule has 92 valence electrons. The Hall–Kier alpha value is -2.70. The lowest BCUT2D eigenvalue weighted by atomic mass is 10.3. The Labute approximate surface area is 102 Å². The van der Waals surface area contributed by atoms with E-state index in [9.17, 15) is 10.1 Å². The monoisotopic (exact) mass is 247 g/mol. The third-order valence-corrected chi connectivity index (χ3v) is 2.10. The summed E-state index contributed by atoms with van der Waals surface area (Å²) in [6.07, 6.45) is 2.16.